The van der Waals surface area contributed by atoms with E-state index < -0.39 is 0 Å². The maximum Gasteiger partial charge on any atom is 0.165 e. The number of nitrogens with two attached hydrogens (primary N) is 1. The van der Waals surface area contributed by atoms with Crippen LogP contribution in [0.25, 0.3) is 0 Å². The minimum absolute atomic E-state index is 0.208. The molecule has 0 saturated carbocycles. The summed E-state index contributed by atoms with van der Waals surface area (Å²) in [5.41, 5.74) is 8.27. The van der Waals surface area contributed by atoms with E-state index in [1.165, 1.54) is 6.07 Å². The number of halogens is 2. The fraction of sp³-hybridized carbons (Fsp3) is 0.143. The molecule has 0 heterocycles. The molecule has 0 aromatic heterocycles. The summed E-state index contributed by atoms with van der Waals surface area (Å²) in [6.45, 7) is 3.76. The Labute approximate surface area is 114 Å². The molecule has 18 heavy (non-hydrogen) atoms. The fourth-order valence-corrected chi connectivity index (χ4v) is 2.00. The molecule has 2 aromatic carbocycles. The number of anilines is 1. The van der Waals surface area contributed by atoms with Crippen LogP contribution in [-0.2, 0) is 0 Å². The number of rotatable bonds is 2. The second-order valence-corrected chi connectivity index (χ2v) is 5.03. The Balaban J connectivity index is 2.40. The van der Waals surface area contributed by atoms with E-state index in [1.54, 1.807) is 24.3 Å². The van der Waals surface area contributed by atoms with E-state index in [9.17, 15) is 4.39 Å². The summed E-state index contributed by atoms with van der Waals surface area (Å²) in [7, 11) is 0. The molecule has 0 aliphatic rings. The Bertz CT molecular complexity index is 599. The van der Waals surface area contributed by atoms with E-state index in [4.69, 9.17) is 10.5 Å². The molecular weight excluding hydrogens is 297 g/mol. The molecule has 0 amide bonds. The Kier molecular flexibility index (Phi) is 3.57. The first-order valence-electron chi connectivity index (χ1n) is 5.47. The molecule has 0 fully saturated rings. The minimum Gasteiger partial charge on any atom is -0.453 e. The summed E-state index contributed by atoms with van der Waals surface area (Å²) in [6, 6.07) is 8.28. The lowest BCUT2D eigenvalue weighted by molar-refractivity contribution is 0.439. The Morgan fingerprint density at radius 3 is 2.56 bits per heavy atom. The van der Waals surface area contributed by atoms with Crippen molar-refractivity contribution in [1.82, 2.24) is 0 Å². The second-order valence-electron chi connectivity index (χ2n) is 4.18. The van der Waals surface area contributed by atoms with E-state index >= 15 is 0 Å². The van der Waals surface area contributed by atoms with Crippen molar-refractivity contribution in [3.8, 4) is 11.5 Å². The zero-order valence-electron chi connectivity index (χ0n) is 10.1. The highest BCUT2D eigenvalue weighted by molar-refractivity contribution is 9.10. The normalized spacial score (nSPS) is 10.4. The quantitative estimate of drug-likeness (QED) is 0.824. The number of ether oxygens (including phenoxy) is 1. The maximum absolute atomic E-state index is 13.6. The predicted molar refractivity (Wildman–Crippen MR) is 74.5 cm³/mol. The molecule has 2 aromatic rings. The lowest BCUT2D eigenvalue weighted by Gasteiger charge is -2.11. The Morgan fingerprint density at radius 1 is 1.11 bits per heavy atom. The van der Waals surface area contributed by atoms with Gasteiger partial charge in [0, 0.05) is 5.69 Å². The average molecular weight is 310 g/mol. The topological polar surface area (TPSA) is 35.2 Å². The van der Waals surface area contributed by atoms with Crippen molar-refractivity contribution in [3.63, 3.8) is 0 Å². The molecule has 0 unspecified atom stereocenters. The van der Waals surface area contributed by atoms with Crippen molar-refractivity contribution in [2.75, 3.05) is 5.73 Å². The molecule has 4 heteroatoms. The van der Waals surface area contributed by atoms with Crippen LogP contribution in [0.5, 0.6) is 11.5 Å². The SMILES string of the molecule is Cc1ccc(F)c(Oc2cc(C)c(N)cc2Br)c1. The second kappa shape index (κ2) is 4.98. The standard InChI is InChI=1S/C14H13BrFNO/c1-8-3-4-11(16)14(5-8)18-13-6-9(2)12(17)7-10(13)15/h3-7H,17H2,1-2H3. The van der Waals surface area contributed by atoms with E-state index in [2.05, 4.69) is 15.9 Å². The first kappa shape index (κ1) is 12.9. The number of benzene rings is 2. The van der Waals surface area contributed by atoms with Crippen LogP contribution in [0.15, 0.2) is 34.8 Å². The molecule has 0 spiro atoms. The molecule has 0 aliphatic heterocycles. The zero-order chi connectivity index (χ0) is 13.3. The van der Waals surface area contributed by atoms with Crippen LogP contribution in [0.3, 0.4) is 0 Å². The van der Waals surface area contributed by atoms with Crippen molar-refractivity contribution in [1.29, 1.82) is 0 Å². The van der Waals surface area contributed by atoms with Gasteiger partial charge in [-0.15, -0.1) is 0 Å². The first-order valence-corrected chi connectivity index (χ1v) is 6.26. The zero-order valence-corrected chi connectivity index (χ0v) is 11.7. The van der Waals surface area contributed by atoms with E-state index in [0.717, 1.165) is 11.1 Å². The van der Waals surface area contributed by atoms with Crippen LogP contribution in [0, 0.1) is 19.7 Å². The molecule has 94 valence electrons. The van der Waals surface area contributed by atoms with Gasteiger partial charge in [0.25, 0.3) is 0 Å². The van der Waals surface area contributed by atoms with Gasteiger partial charge in [-0.25, -0.2) is 4.39 Å². The Hall–Kier alpha value is -1.55. The van der Waals surface area contributed by atoms with Crippen molar-refractivity contribution in [3.05, 3.63) is 51.7 Å². The molecule has 2 rings (SSSR count). The van der Waals surface area contributed by atoms with Crippen LogP contribution >= 0.6 is 15.9 Å². The van der Waals surface area contributed by atoms with Gasteiger partial charge in [0.1, 0.15) is 5.75 Å². The van der Waals surface area contributed by atoms with Crippen molar-refractivity contribution in [2.24, 2.45) is 0 Å². The number of hydrogen-bond donors (Lipinski definition) is 1. The van der Waals surface area contributed by atoms with Gasteiger partial charge in [0.2, 0.25) is 0 Å². The molecule has 0 bridgehead atoms. The van der Waals surface area contributed by atoms with Gasteiger partial charge in [-0.2, -0.15) is 0 Å². The van der Waals surface area contributed by atoms with Crippen LogP contribution in [0.1, 0.15) is 11.1 Å². The van der Waals surface area contributed by atoms with E-state index in [0.29, 0.717) is 15.9 Å². The molecule has 0 aliphatic carbocycles. The highest BCUT2D eigenvalue weighted by atomic mass is 79.9. The number of aryl methyl sites for hydroxylation is 2. The van der Waals surface area contributed by atoms with Gasteiger partial charge >= 0.3 is 0 Å². The highest BCUT2D eigenvalue weighted by Gasteiger charge is 2.09. The van der Waals surface area contributed by atoms with Crippen LogP contribution < -0.4 is 10.5 Å². The highest BCUT2D eigenvalue weighted by Crippen LogP contribution is 2.34. The molecule has 0 radical (unpaired) electrons. The summed E-state index contributed by atoms with van der Waals surface area (Å²) in [4.78, 5) is 0. The maximum atomic E-state index is 13.6. The van der Waals surface area contributed by atoms with Gasteiger partial charge in [0.15, 0.2) is 11.6 Å². The largest absolute Gasteiger partial charge is 0.453 e. The van der Waals surface area contributed by atoms with Crippen LogP contribution in [-0.4, -0.2) is 0 Å². The lowest BCUT2D eigenvalue weighted by Crippen LogP contribution is -1.94. The molecule has 2 N–H and O–H groups in total. The van der Waals surface area contributed by atoms with Crippen LogP contribution in [0.4, 0.5) is 10.1 Å². The monoisotopic (exact) mass is 309 g/mol. The fourth-order valence-electron chi connectivity index (χ4n) is 1.56. The van der Waals surface area contributed by atoms with Crippen molar-refractivity contribution >= 4 is 21.6 Å². The summed E-state index contributed by atoms with van der Waals surface area (Å²) in [6.07, 6.45) is 0. The third-order valence-electron chi connectivity index (χ3n) is 2.63. The summed E-state index contributed by atoms with van der Waals surface area (Å²) < 4.78 is 19.9. The van der Waals surface area contributed by atoms with Gasteiger partial charge < -0.3 is 10.5 Å². The van der Waals surface area contributed by atoms with E-state index in [1.807, 2.05) is 13.8 Å². The number of hydrogen-bond acceptors (Lipinski definition) is 2. The van der Waals surface area contributed by atoms with Gasteiger partial charge in [-0.1, -0.05) is 6.07 Å². The smallest absolute Gasteiger partial charge is 0.165 e. The predicted octanol–water partition coefficient (Wildman–Crippen LogP) is 4.58. The first-order chi connectivity index (χ1) is 8.47. The van der Waals surface area contributed by atoms with Crippen molar-refractivity contribution in [2.45, 2.75) is 13.8 Å². The number of nitrogen functional groups attached to an aromatic ring is 1. The Morgan fingerprint density at radius 2 is 1.83 bits per heavy atom. The minimum atomic E-state index is -0.387. The summed E-state index contributed by atoms with van der Waals surface area (Å²) in [5.74, 6) is 0.369. The van der Waals surface area contributed by atoms with Crippen LogP contribution in [0.2, 0.25) is 0 Å². The molecular formula is C14H13BrFNO. The van der Waals surface area contributed by atoms with E-state index in [-0.39, 0.29) is 11.6 Å². The average Bonchev–Trinajstić information content (AvgIpc) is 2.30. The van der Waals surface area contributed by atoms with Gasteiger partial charge in [0.05, 0.1) is 4.47 Å². The lowest BCUT2D eigenvalue weighted by atomic mass is 10.2. The van der Waals surface area contributed by atoms with Gasteiger partial charge in [-0.05, 0) is 65.2 Å². The summed E-state index contributed by atoms with van der Waals surface area (Å²) >= 11 is 3.35. The molecule has 0 saturated heterocycles. The van der Waals surface area contributed by atoms with Crippen molar-refractivity contribution < 1.29 is 9.13 Å². The summed E-state index contributed by atoms with van der Waals surface area (Å²) in [5, 5.41) is 0. The third kappa shape index (κ3) is 2.64. The molecule has 2 nitrogen and oxygen atoms in total. The third-order valence-corrected chi connectivity index (χ3v) is 3.25. The molecule has 0 atom stereocenters. The van der Waals surface area contributed by atoms with Gasteiger partial charge in [-0.3, -0.25) is 0 Å².